The van der Waals surface area contributed by atoms with Gasteiger partial charge < -0.3 is 10.2 Å². The van der Waals surface area contributed by atoms with Crippen molar-refractivity contribution in [3.8, 4) is 0 Å². The van der Waals surface area contributed by atoms with Crippen molar-refractivity contribution in [3.63, 3.8) is 0 Å². The standard InChI is InChI=1S/C17H17N3O2/c1-12-7-8-15(18-10-12)19-17(22)13-9-16(21)20(11-13)14-5-3-2-4-6-14/h2-8,10,13H,9,11H2,1H3,(H,18,19,22)/t13-/m0/s1. The minimum Gasteiger partial charge on any atom is -0.312 e. The lowest BCUT2D eigenvalue weighted by atomic mass is 10.1. The monoisotopic (exact) mass is 295 g/mol. The SMILES string of the molecule is Cc1ccc(NC(=O)[C@H]2CC(=O)N(c3ccccc3)C2)nc1. The first kappa shape index (κ1) is 14.3. The van der Waals surface area contributed by atoms with Crippen molar-refractivity contribution in [3.05, 3.63) is 54.2 Å². The van der Waals surface area contributed by atoms with Crippen molar-refractivity contribution in [1.29, 1.82) is 0 Å². The molecule has 5 heteroatoms. The van der Waals surface area contributed by atoms with Crippen molar-refractivity contribution in [2.45, 2.75) is 13.3 Å². The number of pyridine rings is 1. The Hall–Kier alpha value is -2.69. The number of para-hydroxylation sites is 1. The predicted molar refractivity (Wildman–Crippen MR) is 84.5 cm³/mol. The number of hydrogen-bond donors (Lipinski definition) is 1. The van der Waals surface area contributed by atoms with Gasteiger partial charge in [-0.3, -0.25) is 9.59 Å². The molecule has 0 unspecified atom stereocenters. The van der Waals surface area contributed by atoms with Crippen molar-refractivity contribution in [1.82, 2.24) is 4.98 Å². The molecule has 2 amide bonds. The number of aromatic nitrogens is 1. The quantitative estimate of drug-likeness (QED) is 0.945. The fourth-order valence-electron chi connectivity index (χ4n) is 2.51. The summed E-state index contributed by atoms with van der Waals surface area (Å²) < 4.78 is 0. The van der Waals surface area contributed by atoms with Crippen LogP contribution in [-0.4, -0.2) is 23.3 Å². The van der Waals surface area contributed by atoms with E-state index in [-0.39, 0.29) is 24.2 Å². The fourth-order valence-corrected chi connectivity index (χ4v) is 2.51. The molecule has 1 saturated heterocycles. The topological polar surface area (TPSA) is 62.3 Å². The molecular formula is C17H17N3O2. The summed E-state index contributed by atoms with van der Waals surface area (Å²) in [4.78, 5) is 30.2. The van der Waals surface area contributed by atoms with Gasteiger partial charge in [-0.05, 0) is 30.7 Å². The Morgan fingerprint density at radius 3 is 2.68 bits per heavy atom. The molecule has 1 atom stereocenters. The van der Waals surface area contributed by atoms with E-state index < -0.39 is 0 Å². The maximum atomic E-state index is 12.3. The number of anilines is 2. The van der Waals surface area contributed by atoms with Crippen LogP contribution in [0.25, 0.3) is 0 Å². The third-order valence-electron chi connectivity index (χ3n) is 3.73. The summed E-state index contributed by atoms with van der Waals surface area (Å²) in [5.74, 6) is -0.0247. The van der Waals surface area contributed by atoms with Gasteiger partial charge in [-0.25, -0.2) is 4.98 Å². The van der Waals surface area contributed by atoms with Gasteiger partial charge in [-0.2, -0.15) is 0 Å². The van der Waals surface area contributed by atoms with Crippen LogP contribution in [0.3, 0.4) is 0 Å². The third-order valence-corrected chi connectivity index (χ3v) is 3.73. The summed E-state index contributed by atoms with van der Waals surface area (Å²) in [5.41, 5.74) is 1.86. The average molecular weight is 295 g/mol. The van der Waals surface area contributed by atoms with Gasteiger partial charge >= 0.3 is 0 Å². The van der Waals surface area contributed by atoms with Crippen LogP contribution >= 0.6 is 0 Å². The molecule has 112 valence electrons. The van der Waals surface area contributed by atoms with Crippen LogP contribution < -0.4 is 10.2 Å². The predicted octanol–water partition coefficient (Wildman–Crippen LogP) is 2.38. The second-order valence-corrected chi connectivity index (χ2v) is 5.45. The normalized spacial score (nSPS) is 17.6. The molecule has 1 aromatic heterocycles. The molecule has 1 aliphatic heterocycles. The van der Waals surface area contributed by atoms with Crippen molar-refractivity contribution < 1.29 is 9.59 Å². The molecule has 3 rings (SSSR count). The van der Waals surface area contributed by atoms with E-state index in [1.807, 2.05) is 43.3 Å². The summed E-state index contributed by atoms with van der Waals surface area (Å²) in [6, 6.07) is 13.1. The Morgan fingerprint density at radius 2 is 2.00 bits per heavy atom. The van der Waals surface area contributed by atoms with Crippen molar-refractivity contribution in [2.75, 3.05) is 16.8 Å². The van der Waals surface area contributed by atoms with E-state index in [1.165, 1.54) is 0 Å². The largest absolute Gasteiger partial charge is 0.312 e. The number of amides is 2. The average Bonchev–Trinajstić information content (AvgIpc) is 2.92. The molecule has 0 saturated carbocycles. The van der Waals surface area contributed by atoms with Crippen molar-refractivity contribution >= 4 is 23.3 Å². The smallest absolute Gasteiger partial charge is 0.230 e. The Morgan fingerprint density at radius 1 is 1.23 bits per heavy atom. The zero-order chi connectivity index (χ0) is 15.5. The molecule has 2 aromatic rings. The lowest BCUT2D eigenvalue weighted by Gasteiger charge is -2.16. The maximum absolute atomic E-state index is 12.3. The van der Waals surface area contributed by atoms with E-state index in [2.05, 4.69) is 10.3 Å². The van der Waals surface area contributed by atoms with Crippen LogP contribution in [0, 0.1) is 12.8 Å². The highest BCUT2D eigenvalue weighted by atomic mass is 16.2. The lowest BCUT2D eigenvalue weighted by Crippen LogP contribution is -2.28. The van der Waals surface area contributed by atoms with E-state index in [0.29, 0.717) is 12.4 Å². The summed E-state index contributed by atoms with van der Waals surface area (Å²) in [6.07, 6.45) is 1.93. The highest BCUT2D eigenvalue weighted by molar-refractivity contribution is 6.03. The number of hydrogen-bond acceptors (Lipinski definition) is 3. The van der Waals surface area contributed by atoms with Gasteiger partial charge in [0.25, 0.3) is 0 Å². The van der Waals surface area contributed by atoms with E-state index in [0.717, 1.165) is 11.3 Å². The first-order chi connectivity index (χ1) is 10.6. The zero-order valence-corrected chi connectivity index (χ0v) is 12.3. The van der Waals surface area contributed by atoms with Crippen LogP contribution in [0.1, 0.15) is 12.0 Å². The van der Waals surface area contributed by atoms with Gasteiger partial charge in [0.1, 0.15) is 5.82 Å². The molecule has 0 aliphatic carbocycles. The van der Waals surface area contributed by atoms with E-state index in [1.54, 1.807) is 17.2 Å². The maximum Gasteiger partial charge on any atom is 0.230 e. The minimum atomic E-state index is -0.351. The first-order valence-electron chi connectivity index (χ1n) is 7.22. The molecule has 0 bridgehead atoms. The Kier molecular flexibility index (Phi) is 3.87. The summed E-state index contributed by atoms with van der Waals surface area (Å²) in [5, 5.41) is 2.77. The van der Waals surface area contributed by atoms with Crippen LogP contribution in [0.5, 0.6) is 0 Å². The van der Waals surface area contributed by atoms with Gasteiger partial charge in [0.05, 0.1) is 5.92 Å². The molecule has 0 radical (unpaired) electrons. The zero-order valence-electron chi connectivity index (χ0n) is 12.3. The molecule has 0 spiro atoms. The molecule has 22 heavy (non-hydrogen) atoms. The number of carbonyl (C=O) groups is 2. The van der Waals surface area contributed by atoms with Gasteiger partial charge in [0.15, 0.2) is 0 Å². The molecule has 2 heterocycles. The number of carbonyl (C=O) groups excluding carboxylic acids is 2. The van der Waals surface area contributed by atoms with Crippen molar-refractivity contribution in [2.24, 2.45) is 5.92 Å². The van der Waals surface area contributed by atoms with Gasteiger partial charge in [0.2, 0.25) is 11.8 Å². The summed E-state index contributed by atoms with van der Waals surface area (Å²) in [7, 11) is 0. The Bertz CT molecular complexity index is 683. The van der Waals surface area contributed by atoms with Crippen LogP contribution in [0.4, 0.5) is 11.5 Å². The Balaban J connectivity index is 1.67. The Labute approximate surface area is 129 Å². The molecular weight excluding hydrogens is 278 g/mol. The number of aryl methyl sites for hydroxylation is 1. The second kappa shape index (κ2) is 5.97. The number of nitrogens with zero attached hydrogens (tertiary/aromatic N) is 2. The van der Waals surface area contributed by atoms with Crippen LogP contribution in [-0.2, 0) is 9.59 Å². The lowest BCUT2D eigenvalue weighted by molar-refractivity contribution is -0.122. The molecule has 1 aromatic carbocycles. The second-order valence-electron chi connectivity index (χ2n) is 5.45. The van der Waals surface area contributed by atoms with E-state index in [9.17, 15) is 9.59 Å². The number of rotatable bonds is 3. The van der Waals surface area contributed by atoms with Gasteiger partial charge in [0, 0.05) is 24.8 Å². The fraction of sp³-hybridized carbons (Fsp3) is 0.235. The summed E-state index contributed by atoms with van der Waals surface area (Å²) in [6.45, 7) is 2.34. The summed E-state index contributed by atoms with van der Waals surface area (Å²) >= 11 is 0. The number of benzene rings is 1. The first-order valence-corrected chi connectivity index (χ1v) is 7.22. The van der Waals surface area contributed by atoms with Crippen LogP contribution in [0.15, 0.2) is 48.7 Å². The van der Waals surface area contributed by atoms with Crippen LogP contribution in [0.2, 0.25) is 0 Å². The highest BCUT2D eigenvalue weighted by Gasteiger charge is 2.35. The molecule has 1 fully saturated rings. The molecule has 1 N–H and O–H groups in total. The number of nitrogens with one attached hydrogen (secondary N) is 1. The van der Waals surface area contributed by atoms with Gasteiger partial charge in [-0.15, -0.1) is 0 Å². The highest BCUT2D eigenvalue weighted by Crippen LogP contribution is 2.25. The van der Waals surface area contributed by atoms with Gasteiger partial charge in [-0.1, -0.05) is 24.3 Å². The molecule has 5 nitrogen and oxygen atoms in total. The van der Waals surface area contributed by atoms with E-state index in [4.69, 9.17) is 0 Å². The third kappa shape index (κ3) is 2.98. The molecule has 1 aliphatic rings. The minimum absolute atomic E-state index is 0.0248. The van der Waals surface area contributed by atoms with E-state index >= 15 is 0 Å².